The Morgan fingerprint density at radius 1 is 1.13 bits per heavy atom. The van der Waals surface area contributed by atoms with Gasteiger partial charge in [0.1, 0.15) is 0 Å². The van der Waals surface area contributed by atoms with E-state index in [9.17, 15) is 9.59 Å². The molecule has 1 atom stereocenters. The lowest BCUT2D eigenvalue weighted by Crippen LogP contribution is -2.56. The van der Waals surface area contributed by atoms with E-state index >= 15 is 0 Å². The van der Waals surface area contributed by atoms with Crippen LogP contribution in [-0.2, 0) is 16.0 Å². The van der Waals surface area contributed by atoms with Crippen molar-refractivity contribution < 1.29 is 9.59 Å². The van der Waals surface area contributed by atoms with Gasteiger partial charge in [0, 0.05) is 50.2 Å². The number of carbonyl (C=O) groups is 2. The zero-order valence-corrected chi connectivity index (χ0v) is 19.5. The van der Waals surface area contributed by atoms with E-state index in [0.29, 0.717) is 24.9 Å². The van der Waals surface area contributed by atoms with Crippen molar-refractivity contribution in [1.82, 2.24) is 14.7 Å². The van der Waals surface area contributed by atoms with Crippen LogP contribution >= 0.6 is 11.6 Å². The van der Waals surface area contributed by atoms with E-state index in [1.54, 1.807) is 0 Å². The number of likely N-dealkylation sites (N-methyl/N-ethyl adjacent to an activating group) is 1. The predicted molar refractivity (Wildman–Crippen MR) is 125 cm³/mol. The molecule has 0 radical (unpaired) electrons. The number of nitrogens with two attached hydrogens (primary N) is 1. The van der Waals surface area contributed by atoms with Crippen molar-refractivity contribution in [2.24, 2.45) is 11.7 Å². The molecule has 0 spiro atoms. The molecule has 7 heteroatoms. The van der Waals surface area contributed by atoms with Gasteiger partial charge < -0.3 is 10.6 Å². The standard InChI is InChI=1S/C24H37ClN4O2/c1-2-27(18-23(26)30)17-22(20-5-3-4-6-20)28-13-15-29(16-14-28)24(31)12-9-19-7-10-21(25)11-8-19/h7-8,10-11,20,22H,2-6,9,12-18H2,1H3,(H2,26,30). The molecule has 172 valence electrons. The Morgan fingerprint density at radius 2 is 1.77 bits per heavy atom. The molecule has 2 aliphatic rings. The molecule has 1 saturated heterocycles. The number of piperazine rings is 1. The average Bonchev–Trinajstić information content (AvgIpc) is 3.30. The molecule has 2 N–H and O–H groups in total. The first-order valence-electron chi connectivity index (χ1n) is 11.7. The Hall–Kier alpha value is -1.63. The molecule has 1 aromatic rings. The molecule has 0 bridgehead atoms. The van der Waals surface area contributed by atoms with E-state index in [4.69, 9.17) is 17.3 Å². The van der Waals surface area contributed by atoms with Crippen molar-refractivity contribution in [3.8, 4) is 0 Å². The molecule has 31 heavy (non-hydrogen) atoms. The molecule has 1 aliphatic carbocycles. The van der Waals surface area contributed by atoms with Crippen molar-refractivity contribution in [1.29, 1.82) is 0 Å². The first-order chi connectivity index (χ1) is 15.0. The molecule has 6 nitrogen and oxygen atoms in total. The van der Waals surface area contributed by atoms with Crippen LogP contribution in [0.5, 0.6) is 0 Å². The molecular formula is C24H37ClN4O2. The lowest BCUT2D eigenvalue weighted by Gasteiger charge is -2.43. The van der Waals surface area contributed by atoms with Crippen molar-refractivity contribution in [3.63, 3.8) is 0 Å². The molecule has 1 aromatic carbocycles. The van der Waals surface area contributed by atoms with Crippen LogP contribution in [-0.4, -0.2) is 78.4 Å². The summed E-state index contributed by atoms with van der Waals surface area (Å²) in [6, 6.07) is 8.17. The van der Waals surface area contributed by atoms with Gasteiger partial charge in [0.05, 0.1) is 6.54 Å². The quantitative estimate of drug-likeness (QED) is 0.597. The highest BCUT2D eigenvalue weighted by molar-refractivity contribution is 6.30. The predicted octanol–water partition coefficient (Wildman–Crippen LogP) is 2.78. The van der Waals surface area contributed by atoms with E-state index in [0.717, 1.165) is 56.3 Å². The van der Waals surface area contributed by atoms with Gasteiger partial charge in [-0.25, -0.2) is 0 Å². The fourth-order valence-electron chi connectivity index (χ4n) is 5.06. The number of halogens is 1. The minimum atomic E-state index is -0.261. The van der Waals surface area contributed by atoms with Crippen LogP contribution in [0.2, 0.25) is 5.02 Å². The average molecular weight is 449 g/mol. The van der Waals surface area contributed by atoms with Crippen LogP contribution in [0.3, 0.4) is 0 Å². The largest absolute Gasteiger partial charge is 0.369 e. The third kappa shape index (κ3) is 7.19. The SMILES string of the molecule is CCN(CC(N)=O)CC(C1CCCC1)N1CCN(C(=O)CCc2ccc(Cl)cc2)CC1. The van der Waals surface area contributed by atoms with Gasteiger partial charge in [-0.05, 0) is 49.4 Å². The molecule has 0 aromatic heterocycles. The fourth-order valence-corrected chi connectivity index (χ4v) is 5.18. The number of hydrogen-bond donors (Lipinski definition) is 1. The van der Waals surface area contributed by atoms with E-state index < -0.39 is 0 Å². The summed E-state index contributed by atoms with van der Waals surface area (Å²) in [6.07, 6.45) is 6.41. The summed E-state index contributed by atoms with van der Waals surface area (Å²) in [4.78, 5) is 30.9. The third-order valence-corrected chi connectivity index (χ3v) is 7.14. The second kappa shape index (κ2) is 11.8. The Bertz CT molecular complexity index is 713. The van der Waals surface area contributed by atoms with Crippen molar-refractivity contribution in [3.05, 3.63) is 34.9 Å². The summed E-state index contributed by atoms with van der Waals surface area (Å²) in [7, 11) is 0. The van der Waals surface area contributed by atoms with E-state index in [1.807, 2.05) is 29.2 Å². The zero-order chi connectivity index (χ0) is 22.2. The third-order valence-electron chi connectivity index (χ3n) is 6.89. The minimum Gasteiger partial charge on any atom is -0.369 e. The summed E-state index contributed by atoms with van der Waals surface area (Å²) in [5, 5.41) is 0.723. The Balaban J connectivity index is 1.52. The normalized spacial score (nSPS) is 19.1. The monoisotopic (exact) mass is 448 g/mol. The highest BCUT2D eigenvalue weighted by atomic mass is 35.5. The van der Waals surface area contributed by atoms with Crippen molar-refractivity contribution in [2.45, 2.75) is 51.5 Å². The maximum Gasteiger partial charge on any atom is 0.231 e. The van der Waals surface area contributed by atoms with Crippen molar-refractivity contribution in [2.75, 3.05) is 45.8 Å². The van der Waals surface area contributed by atoms with Crippen LogP contribution in [0.15, 0.2) is 24.3 Å². The summed E-state index contributed by atoms with van der Waals surface area (Å²) >= 11 is 5.94. The van der Waals surface area contributed by atoms with Gasteiger partial charge >= 0.3 is 0 Å². The van der Waals surface area contributed by atoms with E-state index in [2.05, 4.69) is 16.7 Å². The lowest BCUT2D eigenvalue weighted by atomic mass is 9.95. The van der Waals surface area contributed by atoms with Crippen LogP contribution in [0.4, 0.5) is 0 Å². The number of hydrogen-bond acceptors (Lipinski definition) is 4. The van der Waals surface area contributed by atoms with Gasteiger partial charge in [-0.1, -0.05) is 43.5 Å². The fraction of sp³-hybridized carbons (Fsp3) is 0.667. The van der Waals surface area contributed by atoms with Crippen LogP contribution in [0.1, 0.15) is 44.6 Å². The number of primary amides is 1. The summed E-state index contributed by atoms with van der Waals surface area (Å²) in [5.74, 6) is 0.646. The van der Waals surface area contributed by atoms with Gasteiger partial charge in [0.2, 0.25) is 11.8 Å². The number of aryl methyl sites for hydroxylation is 1. The van der Waals surface area contributed by atoms with Crippen LogP contribution in [0.25, 0.3) is 0 Å². The second-order valence-corrected chi connectivity index (χ2v) is 9.39. The maximum atomic E-state index is 12.7. The minimum absolute atomic E-state index is 0.232. The molecule has 1 unspecified atom stereocenters. The smallest absolute Gasteiger partial charge is 0.231 e. The van der Waals surface area contributed by atoms with Gasteiger partial charge in [0.15, 0.2) is 0 Å². The molecule has 1 aliphatic heterocycles. The molecule has 2 fully saturated rings. The summed E-state index contributed by atoms with van der Waals surface area (Å²) in [6.45, 7) is 7.50. The second-order valence-electron chi connectivity index (χ2n) is 8.95. The molecule has 1 saturated carbocycles. The topological polar surface area (TPSA) is 69.9 Å². The van der Waals surface area contributed by atoms with Crippen LogP contribution < -0.4 is 5.73 Å². The highest BCUT2D eigenvalue weighted by Crippen LogP contribution is 2.31. The lowest BCUT2D eigenvalue weighted by molar-refractivity contribution is -0.133. The number of carbonyl (C=O) groups excluding carboxylic acids is 2. The molecule has 2 amide bonds. The summed E-state index contributed by atoms with van der Waals surface area (Å²) < 4.78 is 0. The van der Waals surface area contributed by atoms with Gasteiger partial charge in [0.25, 0.3) is 0 Å². The number of rotatable bonds is 10. The first-order valence-corrected chi connectivity index (χ1v) is 12.1. The highest BCUT2D eigenvalue weighted by Gasteiger charge is 2.33. The van der Waals surface area contributed by atoms with Gasteiger partial charge in [-0.2, -0.15) is 0 Å². The van der Waals surface area contributed by atoms with Gasteiger partial charge in [-0.3, -0.25) is 19.4 Å². The number of nitrogens with zero attached hydrogens (tertiary/aromatic N) is 3. The van der Waals surface area contributed by atoms with Crippen LogP contribution in [0, 0.1) is 5.92 Å². The maximum absolute atomic E-state index is 12.7. The number of benzene rings is 1. The first kappa shape index (κ1) is 24.0. The Morgan fingerprint density at radius 3 is 2.35 bits per heavy atom. The Kier molecular flexibility index (Phi) is 9.17. The van der Waals surface area contributed by atoms with E-state index in [1.165, 1.54) is 25.7 Å². The molecule has 3 rings (SSSR count). The number of amides is 2. The van der Waals surface area contributed by atoms with Gasteiger partial charge in [-0.15, -0.1) is 0 Å². The van der Waals surface area contributed by atoms with E-state index in [-0.39, 0.29) is 11.8 Å². The zero-order valence-electron chi connectivity index (χ0n) is 18.8. The summed E-state index contributed by atoms with van der Waals surface area (Å²) in [5.41, 5.74) is 6.61. The van der Waals surface area contributed by atoms with Crippen molar-refractivity contribution >= 4 is 23.4 Å². The molecule has 1 heterocycles. The molecular weight excluding hydrogens is 412 g/mol. The Labute approximate surface area is 191 Å².